The second-order valence-corrected chi connectivity index (χ2v) is 9.81. The molecule has 1 aromatic carbocycles. The SMILES string of the molecule is O=C(CSc1nc2sc3c(c2c(=O)n1-c1ccc(F)cc1)CCCC3)N1CCCC1. The van der Waals surface area contributed by atoms with Crippen LogP contribution < -0.4 is 5.56 Å². The molecule has 1 aliphatic carbocycles. The van der Waals surface area contributed by atoms with E-state index in [4.69, 9.17) is 4.98 Å². The van der Waals surface area contributed by atoms with E-state index in [1.165, 1.54) is 28.8 Å². The first-order valence-electron chi connectivity index (χ1n) is 10.4. The van der Waals surface area contributed by atoms with E-state index >= 15 is 0 Å². The molecule has 8 heteroatoms. The van der Waals surface area contributed by atoms with E-state index in [9.17, 15) is 14.0 Å². The highest BCUT2D eigenvalue weighted by atomic mass is 32.2. The maximum atomic E-state index is 13.6. The summed E-state index contributed by atoms with van der Waals surface area (Å²) in [4.78, 5) is 34.8. The average Bonchev–Trinajstić information content (AvgIpc) is 3.41. The number of hydrogen-bond donors (Lipinski definition) is 0. The van der Waals surface area contributed by atoms with Crippen molar-refractivity contribution in [3.8, 4) is 5.69 Å². The molecule has 1 aliphatic heterocycles. The van der Waals surface area contributed by atoms with Gasteiger partial charge in [-0.3, -0.25) is 14.2 Å². The van der Waals surface area contributed by atoms with Crippen LogP contribution in [0.25, 0.3) is 15.9 Å². The van der Waals surface area contributed by atoms with Crippen LogP contribution in [-0.2, 0) is 17.6 Å². The highest BCUT2D eigenvalue weighted by Gasteiger charge is 2.24. The molecule has 0 saturated carbocycles. The fraction of sp³-hybridized carbons (Fsp3) is 0.409. The predicted molar refractivity (Wildman–Crippen MR) is 118 cm³/mol. The summed E-state index contributed by atoms with van der Waals surface area (Å²) < 4.78 is 15.0. The van der Waals surface area contributed by atoms with Crippen LogP contribution in [0.4, 0.5) is 4.39 Å². The average molecular weight is 444 g/mol. The van der Waals surface area contributed by atoms with Crippen LogP contribution in [0.3, 0.4) is 0 Å². The molecule has 0 bridgehead atoms. The molecule has 0 atom stereocenters. The fourth-order valence-electron chi connectivity index (χ4n) is 4.29. The Kier molecular flexibility index (Phi) is 5.37. The number of likely N-dealkylation sites (tertiary alicyclic amines) is 1. The lowest BCUT2D eigenvalue weighted by Gasteiger charge is -2.16. The van der Waals surface area contributed by atoms with E-state index in [1.807, 2.05) is 4.90 Å². The Morgan fingerprint density at radius 2 is 1.83 bits per heavy atom. The van der Waals surface area contributed by atoms with Crippen molar-refractivity contribution in [2.45, 2.75) is 43.7 Å². The highest BCUT2D eigenvalue weighted by molar-refractivity contribution is 7.99. The molecule has 156 valence electrons. The first-order valence-corrected chi connectivity index (χ1v) is 12.2. The first-order chi connectivity index (χ1) is 14.6. The van der Waals surface area contributed by atoms with Gasteiger partial charge in [0.2, 0.25) is 5.91 Å². The Hall–Kier alpha value is -2.19. The van der Waals surface area contributed by atoms with Crippen LogP contribution in [0.5, 0.6) is 0 Å². The third-order valence-electron chi connectivity index (χ3n) is 5.83. The maximum absolute atomic E-state index is 13.6. The minimum Gasteiger partial charge on any atom is -0.342 e. The van der Waals surface area contributed by atoms with Crippen molar-refractivity contribution in [2.75, 3.05) is 18.8 Å². The molecule has 2 aromatic heterocycles. The standard InChI is InChI=1S/C22H22FN3O2S2/c23-14-7-9-15(10-8-14)26-21(28)19-16-5-1-2-6-17(16)30-20(19)24-22(26)29-13-18(27)25-11-3-4-12-25/h7-10H,1-6,11-13H2. The number of thiophene rings is 1. The molecule has 0 N–H and O–H groups in total. The zero-order valence-electron chi connectivity index (χ0n) is 16.5. The number of rotatable bonds is 4. The summed E-state index contributed by atoms with van der Waals surface area (Å²) in [5.41, 5.74) is 1.57. The number of aromatic nitrogens is 2. The molecular formula is C22H22FN3O2S2. The Labute approximate surface area is 181 Å². The van der Waals surface area contributed by atoms with Gasteiger partial charge in [-0.1, -0.05) is 11.8 Å². The number of fused-ring (bicyclic) bond motifs is 3. The van der Waals surface area contributed by atoms with Crippen molar-refractivity contribution in [3.63, 3.8) is 0 Å². The number of nitrogens with zero attached hydrogens (tertiary/aromatic N) is 3. The van der Waals surface area contributed by atoms with Crippen LogP contribution in [0.2, 0.25) is 0 Å². The molecule has 1 fully saturated rings. The van der Waals surface area contributed by atoms with E-state index < -0.39 is 0 Å². The van der Waals surface area contributed by atoms with Gasteiger partial charge in [-0.15, -0.1) is 11.3 Å². The lowest BCUT2D eigenvalue weighted by molar-refractivity contribution is -0.127. The number of aryl methyl sites for hydroxylation is 2. The Morgan fingerprint density at radius 3 is 2.60 bits per heavy atom. The number of amides is 1. The molecule has 30 heavy (non-hydrogen) atoms. The topological polar surface area (TPSA) is 55.2 Å². The monoisotopic (exact) mass is 443 g/mol. The van der Waals surface area contributed by atoms with Gasteiger partial charge in [-0.25, -0.2) is 9.37 Å². The van der Waals surface area contributed by atoms with Crippen LogP contribution in [0, 0.1) is 5.82 Å². The Morgan fingerprint density at radius 1 is 1.10 bits per heavy atom. The van der Waals surface area contributed by atoms with Crippen molar-refractivity contribution in [1.29, 1.82) is 0 Å². The largest absolute Gasteiger partial charge is 0.342 e. The van der Waals surface area contributed by atoms with Gasteiger partial charge >= 0.3 is 0 Å². The van der Waals surface area contributed by atoms with Gasteiger partial charge in [-0.05, 0) is 68.4 Å². The highest BCUT2D eigenvalue weighted by Crippen LogP contribution is 2.35. The van der Waals surface area contributed by atoms with Crippen LogP contribution in [0.1, 0.15) is 36.1 Å². The molecule has 2 aliphatic rings. The number of thioether (sulfide) groups is 1. The van der Waals surface area contributed by atoms with Crippen molar-refractivity contribution < 1.29 is 9.18 Å². The van der Waals surface area contributed by atoms with E-state index in [-0.39, 0.29) is 23.0 Å². The molecule has 3 aromatic rings. The summed E-state index contributed by atoms with van der Waals surface area (Å²) in [6, 6.07) is 5.88. The summed E-state index contributed by atoms with van der Waals surface area (Å²) in [5.74, 6) is -0.0420. The molecule has 1 amide bonds. The number of carbonyl (C=O) groups is 1. The number of halogens is 1. The second kappa shape index (κ2) is 8.15. The van der Waals surface area contributed by atoms with E-state index in [0.717, 1.165) is 62.0 Å². The van der Waals surface area contributed by atoms with Gasteiger partial charge in [0.15, 0.2) is 5.16 Å². The number of carbonyl (C=O) groups excluding carboxylic acids is 1. The van der Waals surface area contributed by atoms with Crippen LogP contribution >= 0.6 is 23.1 Å². The molecule has 5 nitrogen and oxygen atoms in total. The summed E-state index contributed by atoms with van der Waals surface area (Å²) >= 11 is 2.89. The molecule has 0 radical (unpaired) electrons. The van der Waals surface area contributed by atoms with Gasteiger partial charge in [0.25, 0.3) is 5.56 Å². The molecule has 5 rings (SSSR count). The van der Waals surface area contributed by atoms with E-state index in [0.29, 0.717) is 16.2 Å². The molecule has 0 unspecified atom stereocenters. The fourth-order valence-corrected chi connectivity index (χ4v) is 6.50. The van der Waals surface area contributed by atoms with Crippen molar-refractivity contribution in [1.82, 2.24) is 14.5 Å². The lowest BCUT2D eigenvalue weighted by Crippen LogP contribution is -2.29. The number of hydrogen-bond acceptors (Lipinski definition) is 5. The zero-order valence-corrected chi connectivity index (χ0v) is 18.2. The van der Waals surface area contributed by atoms with Crippen molar-refractivity contribution >= 4 is 39.2 Å². The molecule has 1 saturated heterocycles. The van der Waals surface area contributed by atoms with Gasteiger partial charge < -0.3 is 4.90 Å². The van der Waals surface area contributed by atoms with Crippen molar-refractivity contribution in [3.05, 3.63) is 50.9 Å². The second-order valence-electron chi connectivity index (χ2n) is 7.78. The third kappa shape index (κ3) is 3.56. The quantitative estimate of drug-likeness (QED) is 0.448. The van der Waals surface area contributed by atoms with Crippen LogP contribution in [0.15, 0.2) is 34.2 Å². The summed E-state index contributed by atoms with van der Waals surface area (Å²) in [6.45, 7) is 1.60. The Bertz CT molecular complexity index is 1160. The number of benzene rings is 1. The minimum atomic E-state index is -0.354. The van der Waals surface area contributed by atoms with Gasteiger partial charge in [0.1, 0.15) is 10.6 Å². The lowest BCUT2D eigenvalue weighted by atomic mass is 9.97. The van der Waals surface area contributed by atoms with E-state index in [2.05, 4.69) is 0 Å². The summed E-state index contributed by atoms with van der Waals surface area (Å²) in [5, 5.41) is 1.18. The molecule has 0 spiro atoms. The summed E-state index contributed by atoms with van der Waals surface area (Å²) in [6.07, 6.45) is 6.19. The smallest absolute Gasteiger partial charge is 0.267 e. The van der Waals surface area contributed by atoms with Crippen molar-refractivity contribution in [2.24, 2.45) is 0 Å². The maximum Gasteiger partial charge on any atom is 0.267 e. The normalized spacial score (nSPS) is 16.2. The van der Waals surface area contributed by atoms with E-state index in [1.54, 1.807) is 28.0 Å². The Balaban J connectivity index is 1.60. The van der Waals surface area contributed by atoms with Gasteiger partial charge in [0, 0.05) is 18.0 Å². The third-order valence-corrected chi connectivity index (χ3v) is 7.94. The van der Waals surface area contributed by atoms with Gasteiger partial charge in [-0.2, -0.15) is 0 Å². The predicted octanol–water partition coefficient (Wildman–Crippen LogP) is 4.18. The molecular weight excluding hydrogens is 421 g/mol. The van der Waals surface area contributed by atoms with Gasteiger partial charge in [0.05, 0.1) is 16.8 Å². The van der Waals surface area contributed by atoms with Crippen LogP contribution in [-0.4, -0.2) is 39.2 Å². The first kappa shape index (κ1) is 19.8. The zero-order chi connectivity index (χ0) is 20.7. The molecule has 3 heterocycles. The minimum absolute atomic E-state index is 0.0722. The summed E-state index contributed by atoms with van der Waals surface area (Å²) in [7, 11) is 0.